The zero-order valence-corrected chi connectivity index (χ0v) is 12.9. The van der Waals surface area contributed by atoms with Crippen LogP contribution in [0.3, 0.4) is 0 Å². The second-order valence-electron chi connectivity index (χ2n) is 4.80. The molecule has 1 aliphatic heterocycles. The fraction of sp³-hybridized carbons (Fsp3) is 0.500. The first-order valence-electron chi connectivity index (χ1n) is 6.84. The highest BCUT2D eigenvalue weighted by molar-refractivity contribution is 9.10. The number of benzene rings is 1. The van der Waals surface area contributed by atoms with Gasteiger partial charge in [-0.3, -0.25) is 4.79 Å². The van der Waals surface area contributed by atoms with Gasteiger partial charge in [0.25, 0.3) is 5.91 Å². The average Bonchev–Trinajstić information content (AvgIpc) is 2.47. The SMILES string of the molecule is O=C(NCCCN1CCNCC1)c1cccc(F)c1Br. The summed E-state index contributed by atoms with van der Waals surface area (Å²) in [5, 5.41) is 6.13. The minimum absolute atomic E-state index is 0.222. The lowest BCUT2D eigenvalue weighted by molar-refractivity contribution is 0.0950. The van der Waals surface area contributed by atoms with Gasteiger partial charge in [0.1, 0.15) is 5.82 Å². The Kier molecular flexibility index (Phi) is 5.94. The summed E-state index contributed by atoms with van der Waals surface area (Å²) in [5.41, 5.74) is 0.340. The van der Waals surface area contributed by atoms with E-state index in [1.54, 1.807) is 6.07 Å². The van der Waals surface area contributed by atoms with E-state index in [9.17, 15) is 9.18 Å². The lowest BCUT2D eigenvalue weighted by Gasteiger charge is -2.27. The van der Waals surface area contributed by atoms with E-state index < -0.39 is 5.82 Å². The Labute approximate surface area is 126 Å². The van der Waals surface area contributed by atoms with Gasteiger partial charge in [0.2, 0.25) is 0 Å². The zero-order valence-electron chi connectivity index (χ0n) is 11.3. The Morgan fingerprint density at radius 3 is 2.90 bits per heavy atom. The third kappa shape index (κ3) is 4.26. The van der Waals surface area contributed by atoms with Crippen LogP contribution >= 0.6 is 15.9 Å². The van der Waals surface area contributed by atoms with Crippen LogP contribution in [-0.2, 0) is 0 Å². The molecule has 0 radical (unpaired) electrons. The highest BCUT2D eigenvalue weighted by Gasteiger charge is 2.13. The molecule has 4 nitrogen and oxygen atoms in total. The van der Waals surface area contributed by atoms with Gasteiger partial charge in [0.15, 0.2) is 0 Å². The molecule has 20 heavy (non-hydrogen) atoms. The Balaban J connectivity index is 1.73. The molecule has 1 heterocycles. The van der Waals surface area contributed by atoms with E-state index in [0.717, 1.165) is 39.1 Å². The molecule has 0 aliphatic carbocycles. The van der Waals surface area contributed by atoms with E-state index >= 15 is 0 Å². The van der Waals surface area contributed by atoms with Gasteiger partial charge in [-0.15, -0.1) is 0 Å². The molecule has 0 aromatic heterocycles. The normalized spacial score (nSPS) is 16.1. The van der Waals surface area contributed by atoms with Crippen molar-refractivity contribution in [3.8, 4) is 0 Å². The van der Waals surface area contributed by atoms with Gasteiger partial charge in [0.05, 0.1) is 10.0 Å². The van der Waals surface area contributed by atoms with Crippen molar-refractivity contribution in [1.82, 2.24) is 15.5 Å². The molecule has 2 rings (SSSR count). The molecule has 1 aliphatic rings. The third-order valence-electron chi connectivity index (χ3n) is 3.34. The molecule has 2 N–H and O–H groups in total. The lowest BCUT2D eigenvalue weighted by atomic mass is 10.2. The van der Waals surface area contributed by atoms with E-state index in [2.05, 4.69) is 31.5 Å². The summed E-state index contributed by atoms with van der Waals surface area (Å²) in [5.74, 6) is -0.657. The molecule has 0 unspecified atom stereocenters. The van der Waals surface area contributed by atoms with E-state index in [4.69, 9.17) is 0 Å². The molecule has 0 atom stereocenters. The quantitative estimate of drug-likeness (QED) is 0.798. The summed E-state index contributed by atoms with van der Waals surface area (Å²) in [6.07, 6.45) is 0.901. The largest absolute Gasteiger partial charge is 0.352 e. The maximum atomic E-state index is 13.3. The molecule has 1 saturated heterocycles. The van der Waals surface area contributed by atoms with E-state index in [1.807, 2.05) is 0 Å². The van der Waals surface area contributed by atoms with Crippen molar-refractivity contribution in [3.63, 3.8) is 0 Å². The summed E-state index contributed by atoms with van der Waals surface area (Å²) < 4.78 is 13.6. The highest BCUT2D eigenvalue weighted by atomic mass is 79.9. The second-order valence-corrected chi connectivity index (χ2v) is 5.60. The number of amides is 1. The molecule has 1 amide bonds. The molecule has 0 spiro atoms. The van der Waals surface area contributed by atoms with Crippen molar-refractivity contribution in [1.29, 1.82) is 0 Å². The van der Waals surface area contributed by atoms with Crippen LogP contribution in [0.4, 0.5) is 4.39 Å². The fourth-order valence-electron chi connectivity index (χ4n) is 2.21. The number of hydrogen-bond acceptors (Lipinski definition) is 3. The molecule has 1 aromatic carbocycles. The number of nitrogens with one attached hydrogen (secondary N) is 2. The molecule has 1 fully saturated rings. The van der Waals surface area contributed by atoms with Gasteiger partial charge < -0.3 is 15.5 Å². The van der Waals surface area contributed by atoms with Crippen LogP contribution < -0.4 is 10.6 Å². The van der Waals surface area contributed by atoms with Crippen molar-refractivity contribution in [3.05, 3.63) is 34.1 Å². The van der Waals surface area contributed by atoms with Crippen LogP contribution in [0, 0.1) is 5.82 Å². The van der Waals surface area contributed by atoms with Crippen LogP contribution in [0.15, 0.2) is 22.7 Å². The predicted octanol–water partition coefficient (Wildman–Crippen LogP) is 1.61. The van der Waals surface area contributed by atoms with Crippen LogP contribution in [0.25, 0.3) is 0 Å². The Bertz CT molecular complexity index is 464. The van der Waals surface area contributed by atoms with Crippen molar-refractivity contribution in [2.24, 2.45) is 0 Å². The third-order valence-corrected chi connectivity index (χ3v) is 4.15. The number of rotatable bonds is 5. The molecule has 1 aromatic rings. The molecular formula is C14H19BrFN3O. The van der Waals surface area contributed by atoms with Gasteiger partial charge in [-0.2, -0.15) is 0 Å². The van der Waals surface area contributed by atoms with Crippen molar-refractivity contribution >= 4 is 21.8 Å². The summed E-state index contributed by atoms with van der Waals surface area (Å²) in [6.45, 7) is 5.76. The van der Waals surface area contributed by atoms with E-state index in [0.29, 0.717) is 12.1 Å². The van der Waals surface area contributed by atoms with Crippen LogP contribution in [0.1, 0.15) is 16.8 Å². The monoisotopic (exact) mass is 343 g/mol. The number of halogens is 2. The number of hydrogen-bond donors (Lipinski definition) is 2. The molecule has 6 heteroatoms. The van der Waals surface area contributed by atoms with Crippen LogP contribution in [0.5, 0.6) is 0 Å². The summed E-state index contributed by atoms with van der Waals surface area (Å²) in [4.78, 5) is 14.3. The van der Waals surface area contributed by atoms with Crippen molar-refractivity contribution in [2.75, 3.05) is 39.3 Å². The molecule has 110 valence electrons. The lowest BCUT2D eigenvalue weighted by Crippen LogP contribution is -2.44. The topological polar surface area (TPSA) is 44.4 Å². The molecule has 0 bridgehead atoms. The summed E-state index contributed by atoms with van der Waals surface area (Å²) in [7, 11) is 0. The van der Waals surface area contributed by atoms with Crippen LogP contribution in [0.2, 0.25) is 0 Å². The number of carbonyl (C=O) groups is 1. The fourth-order valence-corrected chi connectivity index (χ4v) is 2.66. The first-order chi connectivity index (χ1) is 9.68. The van der Waals surface area contributed by atoms with Crippen molar-refractivity contribution < 1.29 is 9.18 Å². The predicted molar refractivity (Wildman–Crippen MR) is 80.4 cm³/mol. The molecule has 0 saturated carbocycles. The van der Waals surface area contributed by atoms with Gasteiger partial charge in [-0.25, -0.2) is 4.39 Å². The van der Waals surface area contributed by atoms with Crippen LogP contribution in [-0.4, -0.2) is 50.1 Å². The number of piperazine rings is 1. The van der Waals surface area contributed by atoms with Gasteiger partial charge in [0, 0.05) is 32.7 Å². The smallest absolute Gasteiger partial charge is 0.252 e. The summed E-state index contributed by atoms with van der Waals surface area (Å²) in [6, 6.07) is 4.47. The van der Waals surface area contributed by atoms with Crippen molar-refractivity contribution in [2.45, 2.75) is 6.42 Å². The average molecular weight is 344 g/mol. The van der Waals surface area contributed by atoms with Gasteiger partial charge >= 0.3 is 0 Å². The Morgan fingerprint density at radius 2 is 2.15 bits per heavy atom. The minimum atomic E-state index is -0.418. The second kappa shape index (κ2) is 7.71. The summed E-state index contributed by atoms with van der Waals surface area (Å²) >= 11 is 3.10. The number of carbonyl (C=O) groups excluding carboxylic acids is 1. The first kappa shape index (κ1) is 15.4. The van der Waals surface area contributed by atoms with Gasteiger partial charge in [-0.05, 0) is 41.0 Å². The minimum Gasteiger partial charge on any atom is -0.352 e. The van der Waals surface area contributed by atoms with E-state index in [-0.39, 0.29) is 10.4 Å². The Hall–Kier alpha value is -0.980. The maximum absolute atomic E-state index is 13.3. The Morgan fingerprint density at radius 1 is 1.40 bits per heavy atom. The number of nitrogens with zero attached hydrogens (tertiary/aromatic N) is 1. The standard InChI is InChI=1S/C14H19BrFN3O/c15-13-11(3-1-4-12(13)16)14(20)18-5-2-8-19-9-6-17-7-10-19/h1,3-4,17H,2,5-10H2,(H,18,20). The zero-order chi connectivity index (χ0) is 14.4. The van der Waals surface area contributed by atoms with Gasteiger partial charge in [-0.1, -0.05) is 6.07 Å². The van der Waals surface area contributed by atoms with E-state index in [1.165, 1.54) is 12.1 Å². The first-order valence-corrected chi connectivity index (χ1v) is 7.63. The highest BCUT2D eigenvalue weighted by Crippen LogP contribution is 2.20. The maximum Gasteiger partial charge on any atom is 0.252 e. The molecular weight excluding hydrogens is 325 g/mol.